The Morgan fingerprint density at radius 1 is 1.20 bits per heavy atom. The van der Waals surface area contributed by atoms with Gasteiger partial charge in [-0.15, -0.1) is 5.10 Å². The van der Waals surface area contributed by atoms with Crippen molar-refractivity contribution < 1.29 is 4.79 Å². The van der Waals surface area contributed by atoms with Crippen molar-refractivity contribution in [1.29, 1.82) is 0 Å². The van der Waals surface area contributed by atoms with Gasteiger partial charge >= 0.3 is 0 Å². The minimum atomic E-state index is -0.190. The molecule has 6 nitrogen and oxygen atoms in total. The maximum Gasteiger partial charge on any atom is 0.273 e. The molecule has 0 radical (unpaired) electrons. The molecule has 0 saturated heterocycles. The highest BCUT2D eigenvalue weighted by Gasteiger charge is 2.20. The predicted octanol–water partition coefficient (Wildman–Crippen LogP) is 3.29. The fourth-order valence-corrected chi connectivity index (χ4v) is 3.08. The smallest absolute Gasteiger partial charge is 0.273 e. The van der Waals surface area contributed by atoms with Gasteiger partial charge in [0, 0.05) is 17.6 Å². The second-order valence-electron chi connectivity index (χ2n) is 6.79. The van der Waals surface area contributed by atoms with Crippen LogP contribution in [-0.2, 0) is 0 Å². The summed E-state index contributed by atoms with van der Waals surface area (Å²) >= 11 is 0. The van der Waals surface area contributed by atoms with Crippen LogP contribution in [0.15, 0.2) is 36.5 Å². The van der Waals surface area contributed by atoms with E-state index < -0.39 is 0 Å². The highest BCUT2D eigenvalue weighted by atomic mass is 16.2. The maximum atomic E-state index is 12.5. The zero-order chi connectivity index (χ0) is 18.0. The number of rotatable bonds is 5. The predicted molar refractivity (Wildman–Crippen MR) is 97.8 cm³/mol. The van der Waals surface area contributed by atoms with Crippen molar-refractivity contribution >= 4 is 16.8 Å². The minimum absolute atomic E-state index is 0.0938. The van der Waals surface area contributed by atoms with Crippen molar-refractivity contribution in [2.24, 2.45) is 5.92 Å². The van der Waals surface area contributed by atoms with Gasteiger partial charge in [0.25, 0.3) is 5.91 Å². The highest BCUT2D eigenvalue weighted by molar-refractivity contribution is 5.94. The van der Waals surface area contributed by atoms with E-state index in [1.165, 1.54) is 0 Å². The van der Waals surface area contributed by atoms with Crippen LogP contribution < -0.4 is 5.32 Å². The van der Waals surface area contributed by atoms with Crippen LogP contribution >= 0.6 is 0 Å². The Balaban J connectivity index is 1.92. The first-order valence-corrected chi connectivity index (χ1v) is 8.54. The summed E-state index contributed by atoms with van der Waals surface area (Å²) in [5.41, 5.74) is 2.70. The minimum Gasteiger partial charge on any atom is -0.348 e. The third-order valence-corrected chi connectivity index (χ3v) is 4.15. The van der Waals surface area contributed by atoms with E-state index in [-0.39, 0.29) is 11.9 Å². The zero-order valence-corrected chi connectivity index (χ0v) is 15.0. The second-order valence-corrected chi connectivity index (χ2v) is 6.79. The van der Waals surface area contributed by atoms with Gasteiger partial charge in [-0.25, -0.2) is 4.68 Å². The number of hydrogen-bond acceptors (Lipinski definition) is 4. The van der Waals surface area contributed by atoms with Gasteiger partial charge in [-0.2, -0.15) is 0 Å². The number of nitrogens with one attached hydrogen (secondary N) is 1. The van der Waals surface area contributed by atoms with E-state index in [0.29, 0.717) is 17.3 Å². The Kier molecular flexibility index (Phi) is 4.79. The number of pyridine rings is 1. The molecule has 25 heavy (non-hydrogen) atoms. The lowest BCUT2D eigenvalue weighted by Crippen LogP contribution is -2.34. The van der Waals surface area contributed by atoms with Gasteiger partial charge in [0.2, 0.25) is 0 Å². The molecular formula is C19H23N5O. The zero-order valence-electron chi connectivity index (χ0n) is 15.0. The van der Waals surface area contributed by atoms with Crippen molar-refractivity contribution in [2.75, 3.05) is 0 Å². The summed E-state index contributed by atoms with van der Waals surface area (Å²) in [5, 5.41) is 12.3. The van der Waals surface area contributed by atoms with Crippen LogP contribution in [0, 0.1) is 12.8 Å². The molecule has 6 heteroatoms. The normalized spacial score (nSPS) is 12.5. The molecule has 0 aliphatic heterocycles. The van der Waals surface area contributed by atoms with E-state index >= 15 is 0 Å². The Labute approximate surface area is 147 Å². The number of carbonyl (C=O) groups excluding carboxylic acids is 1. The molecule has 0 saturated carbocycles. The molecule has 0 bridgehead atoms. The Morgan fingerprint density at radius 3 is 2.72 bits per heavy atom. The summed E-state index contributed by atoms with van der Waals surface area (Å²) in [7, 11) is 0. The Hall–Kier alpha value is -2.76. The van der Waals surface area contributed by atoms with Gasteiger partial charge in [-0.1, -0.05) is 37.3 Å². The van der Waals surface area contributed by atoms with Crippen LogP contribution in [0.25, 0.3) is 16.6 Å². The van der Waals surface area contributed by atoms with Crippen molar-refractivity contribution in [3.05, 3.63) is 47.9 Å². The fraction of sp³-hybridized carbons (Fsp3) is 0.368. The van der Waals surface area contributed by atoms with Crippen LogP contribution in [0.2, 0.25) is 0 Å². The summed E-state index contributed by atoms with van der Waals surface area (Å²) in [6, 6.07) is 9.87. The molecule has 1 atom stereocenters. The van der Waals surface area contributed by atoms with Gasteiger partial charge in [-0.05, 0) is 38.3 Å². The van der Waals surface area contributed by atoms with E-state index in [0.717, 1.165) is 23.0 Å². The van der Waals surface area contributed by atoms with Crippen LogP contribution in [0.4, 0.5) is 0 Å². The van der Waals surface area contributed by atoms with Crippen LogP contribution in [0.3, 0.4) is 0 Å². The number of aromatic nitrogens is 4. The number of nitrogens with zero attached hydrogens (tertiary/aromatic N) is 4. The standard InChI is InChI=1S/C19H23N5O/c1-12(2)11-13(3)21-19(25)17-14(4)24(23-22-17)16-9-5-7-15-8-6-10-20-18(15)16/h5-10,12-13H,11H2,1-4H3,(H,21,25)/t13-/m1/s1. The summed E-state index contributed by atoms with van der Waals surface area (Å²) < 4.78 is 1.68. The number of fused-ring (bicyclic) bond motifs is 1. The molecule has 0 spiro atoms. The van der Waals surface area contributed by atoms with Crippen molar-refractivity contribution in [1.82, 2.24) is 25.3 Å². The van der Waals surface area contributed by atoms with Gasteiger partial charge in [0.1, 0.15) is 0 Å². The average Bonchev–Trinajstić information content (AvgIpc) is 2.95. The monoisotopic (exact) mass is 337 g/mol. The highest BCUT2D eigenvalue weighted by Crippen LogP contribution is 2.21. The molecule has 3 rings (SSSR count). The summed E-state index contributed by atoms with van der Waals surface area (Å²) in [4.78, 5) is 17.0. The number of carbonyl (C=O) groups is 1. The first-order chi connectivity index (χ1) is 12.0. The largest absolute Gasteiger partial charge is 0.348 e. The van der Waals surface area contributed by atoms with Crippen molar-refractivity contribution in [2.45, 2.75) is 40.2 Å². The van der Waals surface area contributed by atoms with E-state index in [9.17, 15) is 4.79 Å². The lowest BCUT2D eigenvalue weighted by molar-refractivity contribution is 0.0930. The Bertz CT molecular complexity index is 894. The Morgan fingerprint density at radius 2 is 1.96 bits per heavy atom. The van der Waals surface area contributed by atoms with Crippen LogP contribution in [0.1, 0.15) is 43.4 Å². The average molecular weight is 337 g/mol. The lowest BCUT2D eigenvalue weighted by atomic mass is 10.1. The van der Waals surface area contributed by atoms with Gasteiger partial charge in [-0.3, -0.25) is 9.78 Å². The lowest BCUT2D eigenvalue weighted by Gasteiger charge is -2.15. The first-order valence-electron chi connectivity index (χ1n) is 8.54. The van der Waals surface area contributed by atoms with Crippen molar-refractivity contribution in [3.63, 3.8) is 0 Å². The molecule has 0 aliphatic carbocycles. The molecular weight excluding hydrogens is 314 g/mol. The summed E-state index contributed by atoms with van der Waals surface area (Å²) in [6.07, 6.45) is 2.67. The molecule has 1 aromatic carbocycles. The topological polar surface area (TPSA) is 72.7 Å². The molecule has 0 fully saturated rings. The molecule has 2 aromatic heterocycles. The van der Waals surface area contributed by atoms with Gasteiger partial charge < -0.3 is 5.32 Å². The molecule has 130 valence electrons. The second kappa shape index (κ2) is 7.01. The number of para-hydroxylation sites is 1. The van der Waals surface area contributed by atoms with E-state index in [2.05, 4.69) is 34.5 Å². The summed E-state index contributed by atoms with van der Waals surface area (Å²) in [5.74, 6) is 0.332. The first kappa shape index (κ1) is 17.1. The van der Waals surface area contributed by atoms with E-state index in [1.54, 1.807) is 10.9 Å². The number of hydrogen-bond donors (Lipinski definition) is 1. The quantitative estimate of drug-likeness (QED) is 0.775. The van der Waals surface area contributed by atoms with E-state index in [1.807, 2.05) is 44.2 Å². The third-order valence-electron chi connectivity index (χ3n) is 4.15. The number of benzene rings is 1. The molecule has 3 aromatic rings. The summed E-state index contributed by atoms with van der Waals surface area (Å²) in [6.45, 7) is 8.13. The third kappa shape index (κ3) is 3.52. The SMILES string of the molecule is Cc1c(C(=O)N[C@H](C)CC(C)C)nnn1-c1cccc2cccnc12. The maximum absolute atomic E-state index is 12.5. The molecule has 2 heterocycles. The fourth-order valence-electron chi connectivity index (χ4n) is 3.08. The van der Waals surface area contributed by atoms with Crippen molar-refractivity contribution in [3.8, 4) is 5.69 Å². The molecule has 1 amide bonds. The van der Waals surface area contributed by atoms with Crippen LogP contribution in [-0.4, -0.2) is 31.9 Å². The molecule has 1 N–H and O–H groups in total. The molecule has 0 unspecified atom stereocenters. The van der Waals surface area contributed by atoms with E-state index in [4.69, 9.17) is 0 Å². The number of amides is 1. The van der Waals surface area contributed by atoms with Crippen LogP contribution in [0.5, 0.6) is 0 Å². The van der Waals surface area contributed by atoms with Gasteiger partial charge in [0.15, 0.2) is 5.69 Å². The van der Waals surface area contributed by atoms with Gasteiger partial charge in [0.05, 0.1) is 16.9 Å². The molecule has 0 aliphatic rings.